The van der Waals surface area contributed by atoms with Gasteiger partial charge in [0.2, 0.25) is 0 Å². The fourth-order valence-corrected chi connectivity index (χ4v) is 3.66. The monoisotopic (exact) mass is 394 g/mol. The van der Waals surface area contributed by atoms with E-state index in [0.29, 0.717) is 5.75 Å². The van der Waals surface area contributed by atoms with Gasteiger partial charge in [0, 0.05) is 5.56 Å². The predicted octanol–water partition coefficient (Wildman–Crippen LogP) is 4.86. The molecule has 0 radical (unpaired) electrons. The number of hydrogen-bond donors (Lipinski definition) is 2. The van der Waals surface area contributed by atoms with Crippen molar-refractivity contribution >= 4 is 27.5 Å². The van der Waals surface area contributed by atoms with E-state index in [1.807, 2.05) is 30.3 Å². The van der Waals surface area contributed by atoms with Crippen molar-refractivity contribution in [1.29, 1.82) is 0 Å². The van der Waals surface area contributed by atoms with E-state index in [4.69, 9.17) is 4.74 Å². The highest BCUT2D eigenvalue weighted by molar-refractivity contribution is 7.18. The first kappa shape index (κ1) is 17.9. The summed E-state index contributed by atoms with van der Waals surface area (Å²) in [5.41, 5.74) is 4.15. The maximum atomic E-state index is 12.3. The van der Waals surface area contributed by atoms with E-state index >= 15 is 0 Å². The van der Waals surface area contributed by atoms with Gasteiger partial charge >= 0.3 is 0 Å². The number of carbonyl (C=O) groups is 1. The third-order valence-corrected chi connectivity index (χ3v) is 5.19. The summed E-state index contributed by atoms with van der Waals surface area (Å²) in [6.07, 6.45) is 0. The summed E-state index contributed by atoms with van der Waals surface area (Å²) in [4.78, 5) is 16.0. The molecule has 0 aliphatic heterocycles. The van der Waals surface area contributed by atoms with Crippen LogP contribution in [0.15, 0.2) is 66.7 Å². The lowest BCUT2D eigenvalue weighted by Crippen LogP contribution is -2.13. The maximum Gasteiger partial charge on any atom is 0.279 e. The first-order chi connectivity index (χ1) is 13.6. The topological polar surface area (TPSA) is 71.5 Å². The summed E-state index contributed by atoms with van der Waals surface area (Å²) in [5.74, 6) is -0.122. The second-order valence-corrected chi connectivity index (χ2v) is 7.19. The molecule has 1 heterocycles. The number of rotatable bonds is 5. The summed E-state index contributed by atoms with van der Waals surface area (Å²) < 4.78 is 19.0. The molecule has 0 saturated heterocycles. The van der Waals surface area contributed by atoms with E-state index in [0.717, 1.165) is 31.9 Å². The molecule has 0 saturated carbocycles. The summed E-state index contributed by atoms with van der Waals surface area (Å²) in [6.45, 7) is 0.245. The van der Waals surface area contributed by atoms with Gasteiger partial charge in [-0.25, -0.2) is 4.98 Å². The number of aromatic hydroxyl groups is 1. The number of benzene rings is 3. The van der Waals surface area contributed by atoms with Crippen molar-refractivity contribution in [2.24, 2.45) is 0 Å². The number of hydrogen-bond acceptors (Lipinski definition) is 5. The van der Waals surface area contributed by atoms with Crippen LogP contribution in [0.25, 0.3) is 21.3 Å². The lowest BCUT2D eigenvalue weighted by molar-refractivity contribution is 0.0859. The number of carbonyl (C=O) groups excluding carboxylic acids is 1. The Kier molecular flexibility index (Phi) is 4.90. The van der Waals surface area contributed by atoms with Crippen LogP contribution >= 0.6 is 11.3 Å². The fourth-order valence-electron chi connectivity index (χ4n) is 2.80. The average molecular weight is 394 g/mol. The van der Waals surface area contributed by atoms with Crippen LogP contribution in [-0.2, 0) is 6.61 Å². The quantitative estimate of drug-likeness (QED) is 0.474. The number of nitrogens with zero attached hydrogens (tertiary/aromatic N) is 1. The number of nitrogens with one attached hydrogen (secondary N) is 1. The molecule has 0 aliphatic carbocycles. The number of amides is 1. The third kappa shape index (κ3) is 3.79. The van der Waals surface area contributed by atoms with E-state index in [1.165, 1.54) is 23.5 Å². The molecule has 0 bridgehead atoms. The Morgan fingerprint density at radius 2 is 1.86 bits per heavy atom. The molecule has 4 rings (SSSR count). The van der Waals surface area contributed by atoms with Gasteiger partial charge in [0.15, 0.2) is 0 Å². The molecule has 140 valence electrons. The van der Waals surface area contributed by atoms with Gasteiger partial charge in [-0.1, -0.05) is 28.7 Å². The number of halogens is 1. The molecule has 0 aliphatic rings. The van der Waals surface area contributed by atoms with Crippen molar-refractivity contribution in [1.82, 2.24) is 10.5 Å². The second kappa shape index (κ2) is 7.66. The van der Waals surface area contributed by atoms with Crippen molar-refractivity contribution in [2.75, 3.05) is 0 Å². The molecular formula is C21H15FN2O3S. The molecule has 3 aromatic carbocycles. The highest BCUT2D eigenvalue weighted by atomic mass is 32.1. The number of phenolic OH excluding ortho intramolecular Hbond substituents is 1. The van der Waals surface area contributed by atoms with Gasteiger partial charge in [-0.2, -0.15) is 5.54 Å². The van der Waals surface area contributed by atoms with E-state index in [-0.39, 0.29) is 17.9 Å². The van der Waals surface area contributed by atoms with Gasteiger partial charge < -0.3 is 9.84 Å². The molecule has 7 heteroatoms. The highest BCUT2D eigenvalue weighted by Crippen LogP contribution is 2.29. The largest absolute Gasteiger partial charge is 0.508 e. The van der Waals surface area contributed by atoms with Crippen LogP contribution in [0, 0.1) is 0 Å². The molecule has 1 aromatic heterocycles. The van der Waals surface area contributed by atoms with Gasteiger partial charge in [-0.15, -0.1) is 11.3 Å². The zero-order valence-corrected chi connectivity index (χ0v) is 15.4. The zero-order valence-electron chi connectivity index (χ0n) is 14.6. The van der Waals surface area contributed by atoms with Crippen LogP contribution in [0.2, 0.25) is 0 Å². The van der Waals surface area contributed by atoms with Gasteiger partial charge in [0.05, 0.1) is 10.2 Å². The highest BCUT2D eigenvalue weighted by Gasteiger charge is 2.09. The standard InChI is InChI=1S/C21H15FN2O3S/c22-24-21(26)15-2-1-3-17(10-15)27-12-20-23-18-11-14(6-9-19(18)28-20)13-4-7-16(25)8-5-13/h1-11,25H,12H2,(H,24,26). The summed E-state index contributed by atoms with van der Waals surface area (Å²) >= 11 is 1.52. The predicted molar refractivity (Wildman–Crippen MR) is 106 cm³/mol. The van der Waals surface area contributed by atoms with Gasteiger partial charge in [0.25, 0.3) is 5.91 Å². The number of aromatic nitrogens is 1. The van der Waals surface area contributed by atoms with Crippen LogP contribution < -0.4 is 10.3 Å². The van der Waals surface area contributed by atoms with Crippen molar-refractivity contribution in [3.63, 3.8) is 0 Å². The SMILES string of the molecule is O=C(NF)c1cccc(OCc2nc3cc(-c4ccc(O)cc4)ccc3s2)c1. The molecule has 0 unspecified atom stereocenters. The second-order valence-electron chi connectivity index (χ2n) is 6.08. The summed E-state index contributed by atoms with van der Waals surface area (Å²) in [5, 5.41) is 10.2. The molecule has 5 nitrogen and oxygen atoms in total. The zero-order chi connectivity index (χ0) is 19.5. The minimum absolute atomic E-state index is 0.183. The van der Waals surface area contributed by atoms with Gasteiger partial charge in [-0.05, 0) is 53.6 Å². The van der Waals surface area contributed by atoms with E-state index in [1.54, 1.807) is 24.3 Å². The smallest absolute Gasteiger partial charge is 0.279 e. The summed E-state index contributed by atoms with van der Waals surface area (Å²) in [7, 11) is 0. The molecular weight excluding hydrogens is 379 g/mol. The Morgan fingerprint density at radius 1 is 1.07 bits per heavy atom. The first-order valence-electron chi connectivity index (χ1n) is 8.45. The van der Waals surface area contributed by atoms with Crippen LogP contribution in [0.4, 0.5) is 4.48 Å². The van der Waals surface area contributed by atoms with Crippen LogP contribution in [0.5, 0.6) is 11.5 Å². The van der Waals surface area contributed by atoms with Gasteiger partial charge in [-0.3, -0.25) is 4.79 Å². The Labute approximate surface area is 164 Å². The minimum Gasteiger partial charge on any atom is -0.508 e. The van der Waals surface area contributed by atoms with Crippen molar-refractivity contribution in [2.45, 2.75) is 6.61 Å². The normalized spacial score (nSPS) is 10.8. The lowest BCUT2D eigenvalue weighted by Gasteiger charge is -2.05. The Morgan fingerprint density at radius 3 is 2.64 bits per heavy atom. The third-order valence-electron chi connectivity index (χ3n) is 4.18. The minimum atomic E-state index is -0.813. The van der Waals surface area contributed by atoms with Crippen molar-refractivity contribution in [3.05, 3.63) is 77.3 Å². The molecule has 1 amide bonds. The molecule has 2 N–H and O–H groups in total. The Bertz CT molecular complexity index is 1140. The van der Waals surface area contributed by atoms with Crippen LogP contribution in [-0.4, -0.2) is 16.0 Å². The fraction of sp³-hybridized carbons (Fsp3) is 0.0476. The number of phenols is 1. The maximum absolute atomic E-state index is 12.3. The Balaban J connectivity index is 1.52. The number of thiazole rings is 1. The summed E-state index contributed by atoms with van der Waals surface area (Å²) in [6, 6.07) is 19.3. The first-order valence-corrected chi connectivity index (χ1v) is 9.27. The molecule has 28 heavy (non-hydrogen) atoms. The molecule has 0 spiro atoms. The number of ether oxygens (including phenoxy) is 1. The van der Waals surface area contributed by atoms with Crippen molar-refractivity contribution in [3.8, 4) is 22.6 Å². The van der Waals surface area contributed by atoms with Crippen LogP contribution in [0.3, 0.4) is 0 Å². The molecule has 4 aromatic rings. The Hall–Kier alpha value is -3.45. The number of fused-ring (bicyclic) bond motifs is 1. The van der Waals surface area contributed by atoms with E-state index < -0.39 is 5.91 Å². The van der Waals surface area contributed by atoms with Crippen molar-refractivity contribution < 1.29 is 19.1 Å². The van der Waals surface area contributed by atoms with Gasteiger partial charge in [0.1, 0.15) is 23.1 Å². The van der Waals surface area contributed by atoms with Crippen LogP contribution in [0.1, 0.15) is 15.4 Å². The average Bonchev–Trinajstić information content (AvgIpc) is 3.14. The van der Waals surface area contributed by atoms with E-state index in [9.17, 15) is 14.4 Å². The molecule has 0 fully saturated rings. The molecule has 0 atom stereocenters. The lowest BCUT2D eigenvalue weighted by atomic mass is 10.1. The van der Waals surface area contributed by atoms with E-state index in [2.05, 4.69) is 4.98 Å².